The summed E-state index contributed by atoms with van der Waals surface area (Å²) in [6.07, 6.45) is 5.54. The summed E-state index contributed by atoms with van der Waals surface area (Å²) in [7, 11) is 1.60. The molecule has 1 aromatic heterocycles. The van der Waals surface area contributed by atoms with E-state index in [-0.39, 0.29) is 5.91 Å². The molecule has 0 aliphatic carbocycles. The van der Waals surface area contributed by atoms with Crippen LogP contribution in [-0.2, 0) is 0 Å². The van der Waals surface area contributed by atoms with Gasteiger partial charge in [0.2, 0.25) is 11.8 Å². The summed E-state index contributed by atoms with van der Waals surface area (Å²) in [5, 5.41) is 0.992. The highest BCUT2D eigenvalue weighted by Crippen LogP contribution is 2.27. The van der Waals surface area contributed by atoms with Gasteiger partial charge in [0.05, 0.1) is 18.3 Å². The molecule has 5 nitrogen and oxygen atoms in total. The minimum Gasteiger partial charge on any atom is -0.481 e. The summed E-state index contributed by atoms with van der Waals surface area (Å²) in [5.74, 6) is 0.538. The third kappa shape index (κ3) is 3.27. The number of carbonyl (C=O) groups excluding carboxylic acids is 1. The second kappa shape index (κ2) is 6.96. The van der Waals surface area contributed by atoms with E-state index in [1.807, 2.05) is 54.9 Å². The van der Waals surface area contributed by atoms with Gasteiger partial charge in [0, 0.05) is 42.7 Å². The molecule has 134 valence electrons. The van der Waals surface area contributed by atoms with Crippen molar-refractivity contribution in [2.45, 2.75) is 6.92 Å². The van der Waals surface area contributed by atoms with E-state index in [9.17, 15) is 4.79 Å². The Bertz CT molecular complexity index is 1140. The fourth-order valence-corrected chi connectivity index (χ4v) is 3.10. The number of H-pyrrole nitrogens is 1. The normalized spacial score (nSPS) is 10.7. The first-order valence-corrected chi connectivity index (χ1v) is 8.63. The van der Waals surface area contributed by atoms with Gasteiger partial charge in [-0.15, -0.1) is 0 Å². The van der Waals surface area contributed by atoms with Crippen LogP contribution in [-0.4, -0.2) is 27.6 Å². The highest BCUT2D eigenvalue weighted by molar-refractivity contribution is 5.90. The number of para-hydroxylation sites is 1. The molecule has 2 aliphatic heterocycles. The summed E-state index contributed by atoms with van der Waals surface area (Å²) < 4.78 is 6.79. The Morgan fingerprint density at radius 2 is 1.85 bits per heavy atom. The Hall–Kier alpha value is -3.60. The number of benzene rings is 1. The Morgan fingerprint density at radius 3 is 2.59 bits per heavy atom. The summed E-state index contributed by atoms with van der Waals surface area (Å²) in [6.45, 7) is 1.57. The average Bonchev–Trinajstić information content (AvgIpc) is 2.69. The minimum absolute atomic E-state index is 0.0412. The second-order valence-corrected chi connectivity index (χ2v) is 6.26. The zero-order valence-corrected chi connectivity index (χ0v) is 15.1. The maximum atomic E-state index is 12.2. The average molecular weight is 357 g/mol. The van der Waals surface area contributed by atoms with Crippen LogP contribution in [0.5, 0.6) is 5.88 Å². The number of fused-ring (bicyclic) bond motifs is 2. The SMILES string of the molecule is COc1ccc(-c2c[nH]c3cn(C(C)=O)c4ccccc4ccc-3c2)cn1. The van der Waals surface area contributed by atoms with Crippen molar-refractivity contribution in [2.75, 3.05) is 7.11 Å². The van der Waals surface area contributed by atoms with E-state index < -0.39 is 0 Å². The van der Waals surface area contributed by atoms with E-state index in [0.29, 0.717) is 5.88 Å². The molecule has 0 spiro atoms. The summed E-state index contributed by atoms with van der Waals surface area (Å²) in [6, 6.07) is 17.8. The molecule has 0 bridgehead atoms. The zero-order valence-electron chi connectivity index (χ0n) is 15.1. The van der Waals surface area contributed by atoms with E-state index in [4.69, 9.17) is 4.74 Å². The molecule has 3 heterocycles. The molecular formula is C22H19N3O2. The number of ether oxygens (including phenoxy) is 1. The third-order valence-corrected chi connectivity index (χ3v) is 4.52. The van der Waals surface area contributed by atoms with Crippen LogP contribution in [0.2, 0.25) is 0 Å². The van der Waals surface area contributed by atoms with Gasteiger partial charge in [-0.2, -0.15) is 0 Å². The van der Waals surface area contributed by atoms with Gasteiger partial charge >= 0.3 is 0 Å². The van der Waals surface area contributed by atoms with Gasteiger partial charge in [-0.05, 0) is 29.1 Å². The predicted octanol–water partition coefficient (Wildman–Crippen LogP) is 4.93. The Balaban J connectivity index is 1.94. The number of aromatic nitrogens is 3. The highest BCUT2D eigenvalue weighted by Gasteiger charge is 2.08. The van der Waals surface area contributed by atoms with Crippen LogP contribution in [0.4, 0.5) is 0 Å². The molecule has 0 saturated heterocycles. The van der Waals surface area contributed by atoms with E-state index >= 15 is 0 Å². The number of aromatic amines is 1. The topological polar surface area (TPSA) is 59.9 Å². The van der Waals surface area contributed by atoms with Crippen LogP contribution >= 0.6 is 0 Å². The molecule has 5 heteroatoms. The number of hydrogen-bond acceptors (Lipinski definition) is 3. The van der Waals surface area contributed by atoms with E-state index in [1.165, 1.54) is 0 Å². The Morgan fingerprint density at radius 1 is 1.04 bits per heavy atom. The van der Waals surface area contributed by atoms with Crippen molar-refractivity contribution in [3.63, 3.8) is 0 Å². The molecule has 2 aliphatic rings. The molecule has 0 fully saturated rings. The molecule has 2 aromatic rings. The Labute approximate surface area is 156 Å². The number of nitrogens with zero attached hydrogens (tertiary/aromatic N) is 2. The van der Waals surface area contributed by atoms with Crippen molar-refractivity contribution in [1.29, 1.82) is 0 Å². The number of nitrogens with one attached hydrogen (secondary N) is 1. The van der Waals surface area contributed by atoms with Crippen LogP contribution in [0, 0.1) is 0 Å². The molecule has 0 atom stereocenters. The van der Waals surface area contributed by atoms with Gasteiger partial charge in [-0.1, -0.05) is 30.3 Å². The summed E-state index contributed by atoms with van der Waals surface area (Å²) >= 11 is 0. The molecule has 1 N–H and O–H groups in total. The van der Waals surface area contributed by atoms with Crippen molar-refractivity contribution in [2.24, 2.45) is 0 Å². The van der Waals surface area contributed by atoms with E-state index in [1.54, 1.807) is 24.8 Å². The molecule has 0 saturated carbocycles. The maximum Gasteiger partial charge on any atom is 0.228 e. The first kappa shape index (κ1) is 16.8. The fraction of sp³-hybridized carbons (Fsp3) is 0.0909. The molecule has 1 aromatic carbocycles. The van der Waals surface area contributed by atoms with Crippen molar-refractivity contribution in [3.8, 4) is 28.3 Å². The van der Waals surface area contributed by atoms with Crippen molar-refractivity contribution < 1.29 is 9.53 Å². The molecule has 0 radical (unpaired) electrons. The molecule has 27 heavy (non-hydrogen) atoms. The molecule has 0 unspecified atom stereocenters. The maximum absolute atomic E-state index is 12.2. The molecule has 0 amide bonds. The number of hydrogen-bond donors (Lipinski definition) is 1. The monoisotopic (exact) mass is 357 g/mol. The highest BCUT2D eigenvalue weighted by atomic mass is 16.5. The smallest absolute Gasteiger partial charge is 0.228 e. The van der Waals surface area contributed by atoms with Crippen LogP contribution < -0.4 is 4.74 Å². The molecule has 4 rings (SSSR count). The number of methoxy groups -OCH3 is 1. The first-order valence-electron chi connectivity index (χ1n) is 8.63. The van der Waals surface area contributed by atoms with Crippen LogP contribution in [0.3, 0.4) is 0 Å². The van der Waals surface area contributed by atoms with Gasteiger partial charge in [0.25, 0.3) is 0 Å². The lowest BCUT2D eigenvalue weighted by Crippen LogP contribution is -2.07. The van der Waals surface area contributed by atoms with Crippen molar-refractivity contribution in [3.05, 3.63) is 73.2 Å². The molecular weight excluding hydrogens is 338 g/mol. The summed E-state index contributed by atoms with van der Waals surface area (Å²) in [5.41, 5.74) is 4.70. The lowest BCUT2D eigenvalue weighted by Gasteiger charge is -2.12. The fourth-order valence-electron chi connectivity index (χ4n) is 3.10. The largest absolute Gasteiger partial charge is 0.481 e. The lowest BCUT2D eigenvalue weighted by molar-refractivity contribution is 0.0941. The number of pyridine rings is 2. The predicted molar refractivity (Wildman–Crippen MR) is 107 cm³/mol. The van der Waals surface area contributed by atoms with Crippen LogP contribution in [0.25, 0.3) is 33.3 Å². The van der Waals surface area contributed by atoms with Gasteiger partial charge in [-0.3, -0.25) is 9.36 Å². The first-order chi connectivity index (χ1) is 13.2. The minimum atomic E-state index is -0.0412. The van der Waals surface area contributed by atoms with E-state index in [2.05, 4.69) is 22.1 Å². The van der Waals surface area contributed by atoms with Gasteiger partial charge in [0.1, 0.15) is 0 Å². The van der Waals surface area contributed by atoms with Crippen LogP contribution in [0.15, 0.2) is 73.2 Å². The lowest BCUT2D eigenvalue weighted by atomic mass is 10.0. The zero-order chi connectivity index (χ0) is 18.8. The van der Waals surface area contributed by atoms with Gasteiger partial charge in [0.15, 0.2) is 0 Å². The number of rotatable bonds is 2. The standard InChI is InChI=1S/C22H19N3O2/c1-15(26)25-14-20-17(8-7-16-5-3-4-6-21(16)25)11-19(13-23-20)18-9-10-22(27-2)24-12-18/h3-14,23H,1-2H3. The van der Waals surface area contributed by atoms with Crippen LogP contribution in [0.1, 0.15) is 11.7 Å². The van der Waals surface area contributed by atoms with Crippen molar-refractivity contribution >= 4 is 16.8 Å². The van der Waals surface area contributed by atoms with E-state index in [0.717, 1.165) is 33.3 Å². The third-order valence-electron chi connectivity index (χ3n) is 4.52. The quantitative estimate of drug-likeness (QED) is 0.553. The van der Waals surface area contributed by atoms with Gasteiger partial charge in [-0.25, -0.2) is 4.98 Å². The number of carbonyl (C=O) groups is 1. The van der Waals surface area contributed by atoms with Crippen molar-refractivity contribution in [1.82, 2.24) is 14.5 Å². The summed E-state index contributed by atoms with van der Waals surface area (Å²) in [4.78, 5) is 19.8. The Kier molecular flexibility index (Phi) is 4.34. The second-order valence-electron chi connectivity index (χ2n) is 6.26. The van der Waals surface area contributed by atoms with Gasteiger partial charge < -0.3 is 9.72 Å².